The van der Waals surface area contributed by atoms with Gasteiger partial charge in [-0.1, -0.05) is 6.42 Å². The Morgan fingerprint density at radius 3 is 2.58 bits per heavy atom. The number of hydrogen-bond donors (Lipinski definition) is 0. The lowest BCUT2D eigenvalue weighted by Gasteiger charge is -2.26. The van der Waals surface area contributed by atoms with E-state index >= 15 is 0 Å². The van der Waals surface area contributed by atoms with Gasteiger partial charge >= 0.3 is 0 Å². The summed E-state index contributed by atoms with van der Waals surface area (Å²) in [5.41, 5.74) is 3.23. The van der Waals surface area contributed by atoms with E-state index in [9.17, 15) is 0 Å². The minimum Gasteiger partial charge on any atom is -0.303 e. The van der Waals surface area contributed by atoms with Crippen molar-refractivity contribution in [3.63, 3.8) is 0 Å². The lowest BCUT2D eigenvalue weighted by molar-refractivity contribution is 0.231. The number of rotatable bonds is 3. The van der Waals surface area contributed by atoms with Crippen LogP contribution in [0.25, 0.3) is 11.0 Å². The molecule has 1 aliphatic heterocycles. The van der Waals surface area contributed by atoms with Gasteiger partial charge in [-0.3, -0.25) is 9.97 Å². The van der Waals surface area contributed by atoms with Gasteiger partial charge in [0.05, 0.1) is 11.0 Å². The fourth-order valence-electron chi connectivity index (χ4n) is 2.63. The lowest BCUT2D eigenvalue weighted by atomic mass is 10.1. The molecule has 0 aromatic carbocycles. The Morgan fingerprint density at radius 1 is 1.00 bits per heavy atom. The molecule has 3 rings (SSSR count). The van der Waals surface area contributed by atoms with E-state index in [-0.39, 0.29) is 0 Å². The molecule has 0 saturated carbocycles. The summed E-state index contributed by atoms with van der Waals surface area (Å²) < 4.78 is 0.980. The molecule has 0 radical (unpaired) electrons. The van der Waals surface area contributed by atoms with Crippen LogP contribution in [-0.4, -0.2) is 34.5 Å². The summed E-state index contributed by atoms with van der Waals surface area (Å²) in [4.78, 5) is 11.5. The Morgan fingerprint density at radius 2 is 1.74 bits per heavy atom. The first-order chi connectivity index (χ1) is 9.31. The predicted octanol–water partition coefficient (Wildman–Crippen LogP) is 3.42. The highest BCUT2D eigenvalue weighted by atomic mass is 79.9. The molecular formula is C15H18BrN3. The molecule has 2 aromatic rings. The van der Waals surface area contributed by atoms with Gasteiger partial charge in [-0.25, -0.2) is 0 Å². The molecule has 0 atom stereocenters. The van der Waals surface area contributed by atoms with Crippen molar-refractivity contribution in [2.45, 2.75) is 25.7 Å². The SMILES string of the molecule is Brc1cnc2cc(CCN3CCCCC3)cnc2c1. The van der Waals surface area contributed by atoms with Crippen LogP contribution < -0.4 is 0 Å². The second kappa shape index (κ2) is 5.97. The third-order valence-corrected chi connectivity index (χ3v) is 4.15. The maximum absolute atomic E-state index is 4.49. The molecule has 2 aromatic heterocycles. The zero-order chi connectivity index (χ0) is 13.1. The average molecular weight is 320 g/mol. The predicted molar refractivity (Wildman–Crippen MR) is 81.2 cm³/mol. The number of halogens is 1. The summed E-state index contributed by atoms with van der Waals surface area (Å²) in [6.07, 6.45) is 8.99. The lowest BCUT2D eigenvalue weighted by Crippen LogP contribution is -2.31. The van der Waals surface area contributed by atoms with Crippen molar-refractivity contribution >= 4 is 27.0 Å². The molecule has 1 aliphatic rings. The third kappa shape index (κ3) is 3.31. The van der Waals surface area contributed by atoms with Crippen molar-refractivity contribution in [2.24, 2.45) is 0 Å². The van der Waals surface area contributed by atoms with Crippen molar-refractivity contribution in [1.82, 2.24) is 14.9 Å². The maximum atomic E-state index is 4.49. The Bertz CT molecular complexity index is 564. The number of nitrogens with zero attached hydrogens (tertiary/aromatic N) is 3. The van der Waals surface area contributed by atoms with Gasteiger partial charge in [0.1, 0.15) is 0 Å². The fourth-order valence-corrected chi connectivity index (χ4v) is 2.95. The Kier molecular flexibility index (Phi) is 4.09. The van der Waals surface area contributed by atoms with Gasteiger partial charge in [0.15, 0.2) is 0 Å². The topological polar surface area (TPSA) is 29.0 Å². The number of pyridine rings is 2. The van der Waals surface area contributed by atoms with E-state index < -0.39 is 0 Å². The smallest absolute Gasteiger partial charge is 0.0898 e. The third-order valence-electron chi connectivity index (χ3n) is 3.72. The van der Waals surface area contributed by atoms with Gasteiger partial charge in [0.25, 0.3) is 0 Å². The Hall–Kier alpha value is -1.00. The van der Waals surface area contributed by atoms with Crippen LogP contribution in [0.5, 0.6) is 0 Å². The second-order valence-electron chi connectivity index (χ2n) is 5.19. The first-order valence-corrected chi connectivity index (χ1v) is 7.73. The number of hydrogen-bond acceptors (Lipinski definition) is 3. The van der Waals surface area contributed by atoms with Crippen LogP contribution >= 0.6 is 15.9 Å². The zero-order valence-electron chi connectivity index (χ0n) is 11.0. The first-order valence-electron chi connectivity index (χ1n) is 6.94. The minimum absolute atomic E-state index is 0.955. The summed E-state index contributed by atoms with van der Waals surface area (Å²) in [5.74, 6) is 0. The molecule has 0 amide bonds. The Balaban J connectivity index is 1.69. The standard InChI is InChI=1S/C15H18BrN3/c16-13-9-15-14(18-11-13)8-12(10-17-15)4-7-19-5-2-1-3-6-19/h8-11H,1-7H2. The maximum Gasteiger partial charge on any atom is 0.0898 e. The zero-order valence-corrected chi connectivity index (χ0v) is 12.6. The molecule has 0 N–H and O–H groups in total. The van der Waals surface area contributed by atoms with Gasteiger partial charge in [-0.2, -0.15) is 0 Å². The summed E-state index contributed by atoms with van der Waals surface area (Å²) in [6.45, 7) is 3.65. The van der Waals surface area contributed by atoms with Crippen molar-refractivity contribution in [3.8, 4) is 0 Å². The minimum atomic E-state index is 0.955. The van der Waals surface area contributed by atoms with E-state index in [1.807, 2.05) is 18.5 Å². The van der Waals surface area contributed by atoms with Crippen LogP contribution in [0, 0.1) is 0 Å². The van der Waals surface area contributed by atoms with Crippen LogP contribution in [0.15, 0.2) is 29.0 Å². The highest BCUT2D eigenvalue weighted by Crippen LogP contribution is 2.17. The van der Waals surface area contributed by atoms with E-state index in [0.717, 1.165) is 28.5 Å². The summed E-state index contributed by atoms with van der Waals surface area (Å²) in [6, 6.07) is 4.18. The number of piperidine rings is 1. The average Bonchev–Trinajstić information content (AvgIpc) is 2.46. The van der Waals surface area contributed by atoms with Crippen LogP contribution in [0.3, 0.4) is 0 Å². The van der Waals surface area contributed by atoms with Crippen molar-refractivity contribution in [1.29, 1.82) is 0 Å². The van der Waals surface area contributed by atoms with Gasteiger partial charge in [0.2, 0.25) is 0 Å². The largest absolute Gasteiger partial charge is 0.303 e. The van der Waals surface area contributed by atoms with Crippen LogP contribution in [0.2, 0.25) is 0 Å². The fraction of sp³-hybridized carbons (Fsp3) is 0.467. The molecule has 0 aliphatic carbocycles. The normalized spacial score (nSPS) is 16.9. The van der Waals surface area contributed by atoms with Crippen LogP contribution in [0.1, 0.15) is 24.8 Å². The van der Waals surface area contributed by atoms with E-state index in [2.05, 4.69) is 36.9 Å². The van der Waals surface area contributed by atoms with Crippen LogP contribution in [0.4, 0.5) is 0 Å². The van der Waals surface area contributed by atoms with Crippen molar-refractivity contribution in [2.75, 3.05) is 19.6 Å². The van der Waals surface area contributed by atoms with Crippen LogP contribution in [-0.2, 0) is 6.42 Å². The molecule has 19 heavy (non-hydrogen) atoms. The summed E-state index contributed by atoms with van der Waals surface area (Å²) >= 11 is 3.42. The van der Waals surface area contributed by atoms with Gasteiger partial charge in [-0.15, -0.1) is 0 Å². The van der Waals surface area contributed by atoms with Gasteiger partial charge in [0, 0.05) is 23.4 Å². The number of aromatic nitrogens is 2. The molecule has 0 spiro atoms. The molecule has 1 saturated heterocycles. The molecule has 0 unspecified atom stereocenters. The molecule has 1 fully saturated rings. The quantitative estimate of drug-likeness (QED) is 0.868. The van der Waals surface area contributed by atoms with Gasteiger partial charge < -0.3 is 4.90 Å². The molecule has 100 valence electrons. The first kappa shape index (κ1) is 13.0. The monoisotopic (exact) mass is 319 g/mol. The summed E-state index contributed by atoms with van der Waals surface area (Å²) in [7, 11) is 0. The molecule has 3 heterocycles. The second-order valence-corrected chi connectivity index (χ2v) is 6.10. The molecular weight excluding hydrogens is 302 g/mol. The van der Waals surface area contributed by atoms with E-state index in [4.69, 9.17) is 0 Å². The van der Waals surface area contributed by atoms with E-state index in [1.165, 1.54) is 37.9 Å². The van der Waals surface area contributed by atoms with E-state index in [1.54, 1.807) is 0 Å². The van der Waals surface area contributed by atoms with Crippen molar-refractivity contribution in [3.05, 3.63) is 34.6 Å². The molecule has 4 heteroatoms. The highest BCUT2D eigenvalue weighted by molar-refractivity contribution is 9.10. The summed E-state index contributed by atoms with van der Waals surface area (Å²) in [5, 5.41) is 0. The van der Waals surface area contributed by atoms with Gasteiger partial charge in [-0.05, 0) is 66.0 Å². The highest BCUT2D eigenvalue weighted by Gasteiger charge is 2.10. The molecule has 3 nitrogen and oxygen atoms in total. The molecule has 0 bridgehead atoms. The number of likely N-dealkylation sites (tertiary alicyclic amines) is 1. The van der Waals surface area contributed by atoms with Crippen molar-refractivity contribution < 1.29 is 0 Å². The van der Waals surface area contributed by atoms with E-state index in [0.29, 0.717) is 0 Å². The Labute approximate surface area is 122 Å². The number of fused-ring (bicyclic) bond motifs is 1.